The predicted molar refractivity (Wildman–Crippen MR) is 112 cm³/mol. The molecule has 0 aliphatic carbocycles. The number of carbonyl (C=O) groups is 2. The molecule has 1 amide bonds. The van der Waals surface area contributed by atoms with Crippen molar-refractivity contribution in [3.05, 3.63) is 74.6 Å². The molecular formula is C20H14ClNO4S2. The number of thioether (sulfide) groups is 1. The van der Waals surface area contributed by atoms with E-state index in [0.717, 1.165) is 10.3 Å². The molecule has 4 rings (SSSR count). The van der Waals surface area contributed by atoms with Gasteiger partial charge in [0.2, 0.25) is 0 Å². The number of carbonyl (C=O) groups excluding carboxylic acids is 1. The van der Waals surface area contributed by atoms with Crippen LogP contribution in [0.25, 0.3) is 10.1 Å². The molecule has 1 aromatic heterocycles. The number of benzene rings is 2. The summed E-state index contributed by atoms with van der Waals surface area (Å²) in [7, 11) is 0. The van der Waals surface area contributed by atoms with Crippen molar-refractivity contribution in [2.45, 2.75) is 5.92 Å². The van der Waals surface area contributed by atoms with Crippen LogP contribution in [0.4, 0.5) is 0 Å². The van der Waals surface area contributed by atoms with Gasteiger partial charge in [-0.05, 0) is 29.8 Å². The molecule has 0 radical (unpaired) electrons. The highest BCUT2D eigenvalue weighted by atomic mass is 35.5. The summed E-state index contributed by atoms with van der Waals surface area (Å²) in [4.78, 5) is 24.8. The quantitative estimate of drug-likeness (QED) is 0.551. The third kappa shape index (κ3) is 3.37. The molecule has 8 heteroatoms. The lowest BCUT2D eigenvalue weighted by Gasteiger charge is -2.12. The monoisotopic (exact) mass is 431 g/mol. The number of fused-ring (bicyclic) bond motifs is 1. The van der Waals surface area contributed by atoms with Crippen LogP contribution in [0.1, 0.15) is 21.2 Å². The number of halogens is 1. The lowest BCUT2D eigenvalue weighted by atomic mass is 9.93. The third-order valence-electron chi connectivity index (χ3n) is 4.49. The lowest BCUT2D eigenvalue weighted by Crippen LogP contribution is -2.22. The molecule has 0 saturated carbocycles. The average Bonchev–Trinajstić information content (AvgIpc) is 3.24. The van der Waals surface area contributed by atoms with E-state index in [9.17, 15) is 19.8 Å². The SMILES string of the molecule is O=C(O)C1=C(NC(=O)c2sc3ccccc3c2O)SCC1c1ccc(Cl)cc1. The normalized spacial score (nSPS) is 16.5. The molecule has 1 aliphatic rings. The number of hydrogen-bond acceptors (Lipinski definition) is 5. The Bertz CT molecular complexity index is 1120. The van der Waals surface area contributed by atoms with Crippen molar-refractivity contribution < 1.29 is 19.8 Å². The number of carboxylic acids is 1. The van der Waals surface area contributed by atoms with E-state index in [2.05, 4.69) is 5.32 Å². The lowest BCUT2D eigenvalue weighted by molar-refractivity contribution is -0.132. The van der Waals surface area contributed by atoms with Gasteiger partial charge >= 0.3 is 5.97 Å². The van der Waals surface area contributed by atoms with E-state index in [0.29, 0.717) is 21.2 Å². The fourth-order valence-electron chi connectivity index (χ4n) is 3.14. The van der Waals surface area contributed by atoms with Crippen LogP contribution in [-0.4, -0.2) is 27.8 Å². The van der Waals surface area contributed by atoms with Gasteiger partial charge in [-0.2, -0.15) is 0 Å². The van der Waals surface area contributed by atoms with Crippen molar-refractivity contribution in [1.29, 1.82) is 0 Å². The van der Waals surface area contributed by atoms with E-state index in [1.165, 1.54) is 23.1 Å². The topological polar surface area (TPSA) is 86.6 Å². The summed E-state index contributed by atoms with van der Waals surface area (Å²) < 4.78 is 0.788. The van der Waals surface area contributed by atoms with Gasteiger partial charge in [-0.15, -0.1) is 23.1 Å². The highest BCUT2D eigenvalue weighted by Crippen LogP contribution is 2.42. The van der Waals surface area contributed by atoms with Crippen LogP contribution in [0.15, 0.2) is 59.1 Å². The number of aliphatic carboxylic acids is 1. The number of nitrogens with one attached hydrogen (secondary N) is 1. The average molecular weight is 432 g/mol. The second-order valence-electron chi connectivity index (χ2n) is 6.19. The summed E-state index contributed by atoms with van der Waals surface area (Å²) in [6.07, 6.45) is 0. The molecule has 3 N–H and O–H groups in total. The standard InChI is InChI=1S/C20H14ClNO4S2/c21-11-7-5-10(6-8-11)13-9-27-19(15(13)20(25)26)22-18(24)17-16(23)12-3-1-2-4-14(12)28-17/h1-8,13,23H,9H2,(H,22,24)(H,25,26). The van der Waals surface area contributed by atoms with Gasteiger partial charge in [0.25, 0.3) is 5.91 Å². The summed E-state index contributed by atoms with van der Waals surface area (Å²) >= 11 is 8.36. The van der Waals surface area contributed by atoms with Crippen molar-refractivity contribution >= 4 is 56.7 Å². The van der Waals surface area contributed by atoms with Gasteiger partial charge in [0.15, 0.2) is 0 Å². The molecule has 1 atom stereocenters. The summed E-state index contributed by atoms with van der Waals surface area (Å²) in [5.41, 5.74) is 0.963. The largest absolute Gasteiger partial charge is 0.506 e. The van der Waals surface area contributed by atoms with Gasteiger partial charge in [0, 0.05) is 26.8 Å². The highest BCUT2D eigenvalue weighted by Gasteiger charge is 2.34. The van der Waals surface area contributed by atoms with Gasteiger partial charge < -0.3 is 15.5 Å². The second kappa shape index (κ2) is 7.50. The van der Waals surface area contributed by atoms with Crippen LogP contribution in [-0.2, 0) is 4.79 Å². The van der Waals surface area contributed by atoms with Crippen LogP contribution >= 0.6 is 34.7 Å². The Morgan fingerprint density at radius 3 is 2.50 bits per heavy atom. The van der Waals surface area contributed by atoms with Gasteiger partial charge in [-0.25, -0.2) is 4.79 Å². The zero-order valence-electron chi connectivity index (χ0n) is 14.3. The van der Waals surface area contributed by atoms with E-state index < -0.39 is 11.9 Å². The molecule has 2 heterocycles. The zero-order valence-corrected chi connectivity index (χ0v) is 16.7. The van der Waals surface area contributed by atoms with Crippen LogP contribution in [0.2, 0.25) is 5.02 Å². The molecule has 0 saturated heterocycles. The number of thiophene rings is 1. The summed E-state index contributed by atoms with van der Waals surface area (Å²) in [6.45, 7) is 0. The van der Waals surface area contributed by atoms with Crippen molar-refractivity contribution in [2.24, 2.45) is 0 Å². The number of aromatic hydroxyl groups is 1. The Kier molecular flexibility index (Phi) is 5.05. The Balaban J connectivity index is 1.66. The van der Waals surface area contributed by atoms with Crippen molar-refractivity contribution in [3.8, 4) is 5.75 Å². The van der Waals surface area contributed by atoms with Crippen LogP contribution < -0.4 is 5.32 Å². The van der Waals surface area contributed by atoms with Gasteiger partial charge in [0.05, 0.1) is 10.6 Å². The van der Waals surface area contributed by atoms with Gasteiger partial charge in [0.1, 0.15) is 10.6 Å². The minimum Gasteiger partial charge on any atom is -0.506 e. The minimum absolute atomic E-state index is 0.0900. The minimum atomic E-state index is -1.08. The Morgan fingerprint density at radius 1 is 1.11 bits per heavy atom. The summed E-state index contributed by atoms with van der Waals surface area (Å²) in [6, 6.07) is 14.2. The van der Waals surface area contributed by atoms with E-state index in [1.54, 1.807) is 36.4 Å². The molecule has 3 aromatic rings. The Hall–Kier alpha value is -2.48. The fraction of sp³-hybridized carbons (Fsp3) is 0.100. The first-order valence-electron chi connectivity index (χ1n) is 8.33. The molecule has 28 heavy (non-hydrogen) atoms. The summed E-state index contributed by atoms with van der Waals surface area (Å²) in [5.74, 6) is -1.55. The van der Waals surface area contributed by atoms with Crippen LogP contribution in [0, 0.1) is 0 Å². The number of rotatable bonds is 4. The Labute approximate surface area is 173 Å². The van der Waals surface area contributed by atoms with Crippen LogP contribution in [0.5, 0.6) is 5.75 Å². The number of hydrogen-bond donors (Lipinski definition) is 3. The molecule has 0 bridgehead atoms. The maximum absolute atomic E-state index is 12.7. The van der Waals surface area contributed by atoms with E-state index in [-0.39, 0.29) is 22.1 Å². The molecule has 142 valence electrons. The number of carboxylic acid groups (broad SMARTS) is 1. The second-order valence-corrected chi connectivity index (χ2v) is 8.71. The van der Waals surface area contributed by atoms with E-state index in [1.807, 2.05) is 12.1 Å². The third-order valence-corrected chi connectivity index (χ3v) is 7.01. The molecule has 1 aliphatic heterocycles. The summed E-state index contributed by atoms with van der Waals surface area (Å²) in [5, 5.41) is 24.3. The maximum Gasteiger partial charge on any atom is 0.334 e. The highest BCUT2D eigenvalue weighted by molar-refractivity contribution is 8.03. The van der Waals surface area contributed by atoms with Crippen molar-refractivity contribution in [1.82, 2.24) is 5.32 Å². The van der Waals surface area contributed by atoms with Gasteiger partial charge in [-0.3, -0.25) is 4.79 Å². The molecule has 0 fully saturated rings. The first kappa shape index (κ1) is 18.9. The maximum atomic E-state index is 12.7. The molecule has 1 unspecified atom stereocenters. The van der Waals surface area contributed by atoms with E-state index in [4.69, 9.17) is 11.6 Å². The zero-order chi connectivity index (χ0) is 19.8. The number of amides is 1. The molecule has 5 nitrogen and oxygen atoms in total. The predicted octanol–water partition coefficient (Wildman–Crippen LogP) is 4.82. The Morgan fingerprint density at radius 2 is 1.82 bits per heavy atom. The first-order chi connectivity index (χ1) is 13.5. The fourth-order valence-corrected chi connectivity index (χ4v) is 5.50. The van der Waals surface area contributed by atoms with E-state index >= 15 is 0 Å². The molecule has 2 aromatic carbocycles. The van der Waals surface area contributed by atoms with Crippen LogP contribution in [0.3, 0.4) is 0 Å². The smallest absolute Gasteiger partial charge is 0.334 e. The van der Waals surface area contributed by atoms with Gasteiger partial charge in [-0.1, -0.05) is 35.9 Å². The van der Waals surface area contributed by atoms with Crippen molar-refractivity contribution in [2.75, 3.05) is 5.75 Å². The van der Waals surface area contributed by atoms with Crippen molar-refractivity contribution in [3.63, 3.8) is 0 Å². The first-order valence-corrected chi connectivity index (χ1v) is 10.5. The molecule has 0 spiro atoms. The molecular weight excluding hydrogens is 418 g/mol.